The maximum atomic E-state index is 14.1. The maximum Gasteiger partial charge on any atom is 0.373 e. The van der Waals surface area contributed by atoms with Crippen molar-refractivity contribution in [3.8, 4) is 0 Å². The Kier molecular flexibility index (Phi) is 6.88. The molecule has 0 saturated carbocycles. The lowest BCUT2D eigenvalue weighted by Gasteiger charge is -2.50. The second-order valence-electron chi connectivity index (χ2n) is 9.72. The molecule has 1 aliphatic heterocycles. The van der Waals surface area contributed by atoms with Gasteiger partial charge in [-0.05, 0) is 77.6 Å². The van der Waals surface area contributed by atoms with Crippen LogP contribution in [-0.4, -0.2) is 31.9 Å². The summed E-state index contributed by atoms with van der Waals surface area (Å²) in [5.41, 5.74) is 5.20. The number of amides is 2. The molecule has 0 atom stereocenters. The first kappa shape index (κ1) is 26.1. The first-order valence-electron chi connectivity index (χ1n) is 11.3. The summed E-state index contributed by atoms with van der Waals surface area (Å²) in [6, 6.07) is 7.86. The van der Waals surface area contributed by atoms with E-state index in [1.807, 2.05) is 65.8 Å². The SMILES string of the molecule is COP(=O)(OC)C1N(c2c(C)cc(C)cc2C)C(=O)C(C)(C)C(=O)N1c1c(C)cc(C)cc1C. The Bertz CT molecular complexity index is 1090. The van der Waals surface area contributed by atoms with Crippen molar-refractivity contribution >= 4 is 30.8 Å². The maximum absolute atomic E-state index is 14.1. The third kappa shape index (κ3) is 4.00. The van der Waals surface area contributed by atoms with E-state index in [-0.39, 0.29) is 0 Å². The van der Waals surface area contributed by atoms with Crippen molar-refractivity contribution in [1.29, 1.82) is 0 Å². The largest absolute Gasteiger partial charge is 0.373 e. The number of carbonyl (C=O) groups is 2. The fourth-order valence-electron chi connectivity index (χ4n) is 5.10. The van der Waals surface area contributed by atoms with Gasteiger partial charge in [0.1, 0.15) is 5.41 Å². The molecule has 1 aliphatic rings. The molecule has 2 amide bonds. The van der Waals surface area contributed by atoms with Gasteiger partial charge in [-0.3, -0.25) is 24.0 Å². The minimum Gasteiger partial charge on any atom is -0.309 e. The van der Waals surface area contributed by atoms with Crippen LogP contribution in [0, 0.1) is 47.0 Å². The van der Waals surface area contributed by atoms with Crippen LogP contribution in [0.4, 0.5) is 11.4 Å². The van der Waals surface area contributed by atoms with Crippen LogP contribution in [0.1, 0.15) is 47.2 Å². The Hall–Kier alpha value is -2.47. The highest BCUT2D eigenvalue weighted by Gasteiger charge is 2.59. The van der Waals surface area contributed by atoms with Gasteiger partial charge in [0.25, 0.3) is 0 Å². The molecule has 3 rings (SSSR count). The quantitative estimate of drug-likeness (QED) is 0.400. The molecule has 0 spiro atoms. The lowest BCUT2D eigenvalue weighted by atomic mass is 9.86. The second-order valence-corrected chi connectivity index (χ2v) is 12.0. The number of carbonyl (C=O) groups excluding carboxylic acids is 2. The molecular weight excluding hydrogens is 451 g/mol. The average molecular weight is 487 g/mol. The van der Waals surface area contributed by atoms with Crippen molar-refractivity contribution < 1.29 is 23.2 Å². The summed E-state index contributed by atoms with van der Waals surface area (Å²) in [5, 5.41) is 0. The van der Waals surface area contributed by atoms with Crippen molar-refractivity contribution in [1.82, 2.24) is 0 Å². The molecule has 8 heteroatoms. The molecule has 0 aliphatic carbocycles. The molecule has 184 valence electrons. The highest BCUT2D eigenvalue weighted by molar-refractivity contribution is 7.55. The molecule has 0 unspecified atom stereocenters. The van der Waals surface area contributed by atoms with Gasteiger partial charge in [-0.15, -0.1) is 0 Å². The molecule has 1 fully saturated rings. The van der Waals surface area contributed by atoms with Gasteiger partial charge < -0.3 is 9.05 Å². The molecule has 7 nitrogen and oxygen atoms in total. The number of rotatable bonds is 5. The lowest BCUT2D eigenvalue weighted by molar-refractivity contribution is -0.141. The van der Waals surface area contributed by atoms with Crippen molar-refractivity contribution in [2.24, 2.45) is 5.41 Å². The average Bonchev–Trinajstić information content (AvgIpc) is 2.73. The van der Waals surface area contributed by atoms with E-state index in [4.69, 9.17) is 9.05 Å². The Morgan fingerprint density at radius 1 is 0.706 bits per heavy atom. The van der Waals surface area contributed by atoms with Gasteiger partial charge >= 0.3 is 7.60 Å². The zero-order valence-electron chi connectivity index (χ0n) is 21.8. The highest BCUT2D eigenvalue weighted by Crippen LogP contribution is 2.59. The van der Waals surface area contributed by atoms with Gasteiger partial charge in [0.2, 0.25) is 17.7 Å². The summed E-state index contributed by atoms with van der Waals surface area (Å²) in [7, 11) is -1.47. The lowest BCUT2D eigenvalue weighted by Crippen LogP contribution is -2.67. The first-order valence-corrected chi connectivity index (χ1v) is 12.9. The molecule has 1 saturated heterocycles. The van der Waals surface area contributed by atoms with Crippen molar-refractivity contribution in [3.63, 3.8) is 0 Å². The number of nitrogens with zero attached hydrogens (tertiary/aromatic N) is 2. The van der Waals surface area contributed by atoms with Crippen molar-refractivity contribution in [2.75, 3.05) is 24.0 Å². The third-order valence-electron chi connectivity index (χ3n) is 6.51. The molecular formula is C26H35N2O5P. The van der Waals surface area contributed by atoms with Crippen LogP contribution in [0.2, 0.25) is 0 Å². The van der Waals surface area contributed by atoms with Crippen LogP contribution in [0.15, 0.2) is 24.3 Å². The number of aryl methyl sites for hydroxylation is 6. The van der Waals surface area contributed by atoms with Crippen LogP contribution >= 0.6 is 7.60 Å². The summed E-state index contributed by atoms with van der Waals surface area (Å²) in [6.45, 7) is 14.8. The predicted octanol–water partition coefficient (Wildman–Crippen LogP) is 5.71. The monoisotopic (exact) mass is 486 g/mol. The smallest absolute Gasteiger partial charge is 0.309 e. The Labute approximate surface area is 202 Å². The highest BCUT2D eigenvalue weighted by atomic mass is 31.2. The van der Waals surface area contributed by atoms with Gasteiger partial charge in [-0.2, -0.15) is 0 Å². The van der Waals surface area contributed by atoms with Gasteiger partial charge in [0.05, 0.1) is 11.4 Å². The first-order chi connectivity index (χ1) is 15.7. The normalized spacial score (nSPS) is 17.0. The molecule has 0 bridgehead atoms. The van der Waals surface area contributed by atoms with Crippen LogP contribution in [0.5, 0.6) is 0 Å². The fraction of sp³-hybridized carbons (Fsp3) is 0.462. The number of hydrogen-bond donors (Lipinski definition) is 0. The van der Waals surface area contributed by atoms with Gasteiger partial charge in [-0.25, -0.2) is 0 Å². The van der Waals surface area contributed by atoms with Crippen LogP contribution < -0.4 is 9.80 Å². The van der Waals surface area contributed by atoms with E-state index in [9.17, 15) is 14.2 Å². The Morgan fingerprint density at radius 2 is 1.00 bits per heavy atom. The summed E-state index contributed by atoms with van der Waals surface area (Å²) in [6.07, 6.45) is 0. The van der Waals surface area contributed by atoms with E-state index in [0.29, 0.717) is 11.4 Å². The summed E-state index contributed by atoms with van der Waals surface area (Å²) >= 11 is 0. The number of anilines is 2. The van der Waals surface area contributed by atoms with E-state index in [2.05, 4.69) is 0 Å². The van der Waals surface area contributed by atoms with E-state index >= 15 is 0 Å². The molecule has 2 aromatic rings. The van der Waals surface area contributed by atoms with Gasteiger partial charge in [0.15, 0.2) is 0 Å². The zero-order chi connectivity index (χ0) is 25.7. The minimum absolute atomic E-state index is 0.453. The molecule has 0 radical (unpaired) electrons. The topological polar surface area (TPSA) is 76.1 Å². The van der Waals surface area contributed by atoms with E-state index in [0.717, 1.165) is 33.4 Å². The minimum atomic E-state index is -4.02. The molecule has 0 aromatic heterocycles. The Balaban J connectivity index is 2.47. The predicted molar refractivity (Wildman–Crippen MR) is 135 cm³/mol. The number of benzene rings is 2. The number of hydrogen-bond acceptors (Lipinski definition) is 5. The molecule has 2 aromatic carbocycles. The zero-order valence-corrected chi connectivity index (χ0v) is 22.7. The van der Waals surface area contributed by atoms with Crippen LogP contribution in [0.3, 0.4) is 0 Å². The van der Waals surface area contributed by atoms with E-state index in [1.54, 1.807) is 13.8 Å². The summed E-state index contributed by atoms with van der Waals surface area (Å²) in [4.78, 5) is 30.9. The van der Waals surface area contributed by atoms with Crippen LogP contribution in [0.25, 0.3) is 0 Å². The molecule has 0 N–H and O–H groups in total. The standard InChI is InChI=1S/C26H35N2O5P/c1-15-11-17(3)21(18(4)12-15)27-23(29)26(7,8)24(30)28(25(27)34(31,32-9)33-10)22-19(5)13-16(2)14-20(22)6/h11-14,25H,1-10H3. The summed E-state index contributed by atoms with van der Waals surface area (Å²) < 4.78 is 25.0. The van der Waals surface area contributed by atoms with Crippen molar-refractivity contribution in [2.45, 2.75) is 61.3 Å². The molecule has 1 heterocycles. The summed E-state index contributed by atoms with van der Waals surface area (Å²) in [5.74, 6) is -2.22. The van der Waals surface area contributed by atoms with E-state index < -0.39 is 30.7 Å². The third-order valence-corrected chi connectivity index (χ3v) is 8.56. The van der Waals surface area contributed by atoms with E-state index in [1.165, 1.54) is 24.0 Å². The fourth-order valence-corrected chi connectivity index (χ4v) is 6.64. The van der Waals surface area contributed by atoms with Crippen molar-refractivity contribution in [3.05, 3.63) is 57.6 Å². The molecule has 34 heavy (non-hydrogen) atoms. The van der Waals surface area contributed by atoms with Gasteiger partial charge in [0, 0.05) is 14.2 Å². The Morgan fingerprint density at radius 3 is 1.26 bits per heavy atom. The second kappa shape index (κ2) is 8.95. The van der Waals surface area contributed by atoms with Crippen LogP contribution in [-0.2, 0) is 23.2 Å². The van der Waals surface area contributed by atoms with Gasteiger partial charge in [-0.1, -0.05) is 35.4 Å².